The van der Waals surface area contributed by atoms with Gasteiger partial charge >= 0.3 is 5.97 Å². The topological polar surface area (TPSA) is 63.7 Å². The lowest BCUT2D eigenvalue weighted by Gasteiger charge is -2.30. The predicted molar refractivity (Wildman–Crippen MR) is 79.4 cm³/mol. The predicted octanol–water partition coefficient (Wildman–Crippen LogP) is 1.88. The number of hydrogen-bond acceptors (Lipinski definition) is 4. The minimum atomic E-state index is -3.55. The monoisotopic (exact) mass is 311 g/mol. The smallest absolute Gasteiger partial charge is 0.309 e. The zero-order valence-corrected chi connectivity index (χ0v) is 13.4. The minimum Gasteiger partial charge on any atom is -0.469 e. The van der Waals surface area contributed by atoms with Gasteiger partial charge in [-0.1, -0.05) is 6.07 Å². The van der Waals surface area contributed by atoms with Gasteiger partial charge in [-0.25, -0.2) is 8.42 Å². The molecule has 21 heavy (non-hydrogen) atoms. The van der Waals surface area contributed by atoms with Gasteiger partial charge in [0.1, 0.15) is 0 Å². The lowest BCUT2D eigenvalue weighted by Crippen LogP contribution is -2.42. The molecule has 0 unspecified atom stereocenters. The Morgan fingerprint density at radius 3 is 2.62 bits per heavy atom. The summed E-state index contributed by atoms with van der Waals surface area (Å²) in [5.74, 6) is -0.708. The quantitative estimate of drug-likeness (QED) is 0.800. The number of methoxy groups -OCH3 is 1. The van der Waals surface area contributed by atoms with Gasteiger partial charge < -0.3 is 4.74 Å². The lowest BCUT2D eigenvalue weighted by atomic mass is 10.0. The van der Waals surface area contributed by atoms with Crippen LogP contribution in [0, 0.1) is 19.8 Å². The van der Waals surface area contributed by atoms with Crippen molar-refractivity contribution in [1.29, 1.82) is 0 Å². The second-order valence-corrected chi connectivity index (χ2v) is 7.41. The number of benzene rings is 1. The fourth-order valence-corrected chi connectivity index (χ4v) is 4.15. The molecular weight excluding hydrogens is 290 g/mol. The van der Waals surface area contributed by atoms with E-state index in [-0.39, 0.29) is 23.3 Å². The van der Waals surface area contributed by atoms with Crippen molar-refractivity contribution >= 4 is 16.0 Å². The number of ether oxygens (including phenoxy) is 1. The number of esters is 1. The van der Waals surface area contributed by atoms with Gasteiger partial charge in [0.05, 0.1) is 17.9 Å². The second-order valence-electron chi connectivity index (χ2n) is 5.47. The first-order valence-electron chi connectivity index (χ1n) is 7.01. The van der Waals surface area contributed by atoms with E-state index in [1.54, 1.807) is 12.1 Å². The van der Waals surface area contributed by atoms with E-state index in [1.165, 1.54) is 11.4 Å². The molecule has 1 aliphatic rings. The maximum atomic E-state index is 12.7. The Hall–Kier alpha value is -1.40. The van der Waals surface area contributed by atoms with Gasteiger partial charge in [0.25, 0.3) is 0 Å². The van der Waals surface area contributed by atoms with E-state index in [4.69, 9.17) is 4.74 Å². The van der Waals surface area contributed by atoms with Crippen LogP contribution in [0.3, 0.4) is 0 Å². The highest BCUT2D eigenvalue weighted by Crippen LogP contribution is 2.25. The van der Waals surface area contributed by atoms with Gasteiger partial charge in [0, 0.05) is 13.1 Å². The summed E-state index contributed by atoms with van der Waals surface area (Å²) >= 11 is 0. The van der Waals surface area contributed by atoms with Crippen molar-refractivity contribution < 1.29 is 17.9 Å². The van der Waals surface area contributed by atoms with Crippen LogP contribution in [0.4, 0.5) is 0 Å². The molecule has 0 spiro atoms. The summed E-state index contributed by atoms with van der Waals surface area (Å²) < 4.78 is 31.5. The highest BCUT2D eigenvalue weighted by molar-refractivity contribution is 7.89. The number of sulfonamides is 1. The Labute approximate surface area is 126 Å². The van der Waals surface area contributed by atoms with E-state index in [1.807, 2.05) is 19.9 Å². The number of nitrogens with zero attached hydrogens (tertiary/aromatic N) is 1. The fraction of sp³-hybridized carbons (Fsp3) is 0.533. The Morgan fingerprint density at radius 2 is 2.00 bits per heavy atom. The molecule has 0 aliphatic carbocycles. The number of rotatable bonds is 3. The largest absolute Gasteiger partial charge is 0.469 e. The van der Waals surface area contributed by atoms with Crippen molar-refractivity contribution in [2.24, 2.45) is 5.92 Å². The van der Waals surface area contributed by atoms with Crippen LogP contribution >= 0.6 is 0 Å². The molecule has 116 valence electrons. The maximum absolute atomic E-state index is 12.7. The molecule has 1 saturated heterocycles. The van der Waals surface area contributed by atoms with Crippen molar-refractivity contribution in [2.45, 2.75) is 31.6 Å². The normalized spacial score (nSPS) is 20.2. The van der Waals surface area contributed by atoms with Crippen LogP contribution in [0.5, 0.6) is 0 Å². The first kappa shape index (κ1) is 16.0. The summed E-state index contributed by atoms with van der Waals surface area (Å²) in [6.45, 7) is 4.48. The summed E-state index contributed by atoms with van der Waals surface area (Å²) in [6.07, 6.45) is 1.34. The highest BCUT2D eigenvalue weighted by atomic mass is 32.2. The molecule has 1 fully saturated rings. The Morgan fingerprint density at radius 1 is 1.29 bits per heavy atom. The van der Waals surface area contributed by atoms with Gasteiger partial charge in [-0.3, -0.25) is 4.79 Å². The van der Waals surface area contributed by atoms with Gasteiger partial charge in [0.15, 0.2) is 0 Å². The van der Waals surface area contributed by atoms with E-state index in [2.05, 4.69) is 0 Å². The molecule has 0 saturated carbocycles. The zero-order valence-electron chi connectivity index (χ0n) is 12.6. The molecule has 0 bridgehead atoms. The highest BCUT2D eigenvalue weighted by Gasteiger charge is 2.33. The van der Waals surface area contributed by atoms with E-state index < -0.39 is 10.0 Å². The fourth-order valence-electron chi connectivity index (χ4n) is 2.54. The summed E-state index contributed by atoms with van der Waals surface area (Å²) in [4.78, 5) is 11.9. The first-order valence-corrected chi connectivity index (χ1v) is 8.45. The van der Waals surface area contributed by atoms with E-state index >= 15 is 0 Å². The first-order chi connectivity index (χ1) is 9.86. The Bertz CT molecular complexity index is 639. The minimum absolute atomic E-state index is 0.196. The summed E-state index contributed by atoms with van der Waals surface area (Å²) in [6, 6.07) is 5.12. The van der Waals surface area contributed by atoms with Crippen LogP contribution in [-0.4, -0.2) is 38.9 Å². The molecule has 1 aliphatic heterocycles. The molecule has 0 radical (unpaired) electrons. The molecular formula is C15H21NO4S. The van der Waals surface area contributed by atoms with Crippen LogP contribution < -0.4 is 0 Å². The summed E-state index contributed by atoms with van der Waals surface area (Å²) in [7, 11) is -2.22. The molecule has 6 heteroatoms. The van der Waals surface area contributed by atoms with Gasteiger partial charge in [0.2, 0.25) is 10.0 Å². The van der Waals surface area contributed by atoms with Crippen molar-refractivity contribution in [2.75, 3.05) is 20.2 Å². The third-order valence-electron chi connectivity index (χ3n) is 4.03. The van der Waals surface area contributed by atoms with E-state index in [0.29, 0.717) is 19.4 Å². The standard InChI is InChI=1S/C15H21NO4S/c1-11-6-7-14(9-12(11)2)21(18,19)16-8-4-5-13(10-16)15(17)20-3/h6-7,9,13H,4-5,8,10H2,1-3H3/t13-/m0/s1. The molecule has 0 amide bonds. The average Bonchev–Trinajstić information content (AvgIpc) is 2.49. The lowest BCUT2D eigenvalue weighted by molar-refractivity contribution is -0.146. The van der Waals surface area contributed by atoms with Crippen LogP contribution in [0.1, 0.15) is 24.0 Å². The van der Waals surface area contributed by atoms with Gasteiger partial charge in [-0.15, -0.1) is 0 Å². The third-order valence-corrected chi connectivity index (χ3v) is 5.90. The van der Waals surface area contributed by atoms with Crippen LogP contribution in [0.25, 0.3) is 0 Å². The van der Waals surface area contributed by atoms with Crippen molar-refractivity contribution in [3.63, 3.8) is 0 Å². The van der Waals surface area contributed by atoms with E-state index in [9.17, 15) is 13.2 Å². The second kappa shape index (κ2) is 6.15. The van der Waals surface area contributed by atoms with Gasteiger partial charge in [-0.2, -0.15) is 4.31 Å². The van der Waals surface area contributed by atoms with Crippen LogP contribution in [0.15, 0.2) is 23.1 Å². The number of carbonyl (C=O) groups is 1. The molecule has 1 heterocycles. The van der Waals surface area contributed by atoms with Gasteiger partial charge in [-0.05, 0) is 49.9 Å². The average molecular weight is 311 g/mol. The Balaban J connectivity index is 2.26. The number of piperidine rings is 1. The third kappa shape index (κ3) is 3.27. The van der Waals surface area contributed by atoms with E-state index in [0.717, 1.165) is 11.1 Å². The van der Waals surface area contributed by atoms with Crippen LogP contribution in [-0.2, 0) is 19.6 Å². The molecule has 0 aromatic heterocycles. The molecule has 1 atom stereocenters. The molecule has 1 aromatic carbocycles. The zero-order chi connectivity index (χ0) is 15.6. The Kier molecular flexibility index (Phi) is 4.68. The molecule has 5 nitrogen and oxygen atoms in total. The number of hydrogen-bond donors (Lipinski definition) is 0. The number of aryl methyl sites for hydroxylation is 2. The van der Waals surface area contributed by atoms with Crippen LogP contribution in [0.2, 0.25) is 0 Å². The maximum Gasteiger partial charge on any atom is 0.309 e. The molecule has 1 aromatic rings. The number of carbonyl (C=O) groups excluding carboxylic acids is 1. The summed E-state index contributed by atoms with van der Waals surface area (Å²) in [5, 5.41) is 0. The van der Waals surface area contributed by atoms with Crippen molar-refractivity contribution in [1.82, 2.24) is 4.31 Å². The van der Waals surface area contributed by atoms with Crippen molar-refractivity contribution in [3.05, 3.63) is 29.3 Å². The SMILES string of the molecule is COC(=O)[C@H]1CCCN(S(=O)(=O)c2ccc(C)c(C)c2)C1. The molecule has 2 rings (SSSR count). The summed E-state index contributed by atoms with van der Waals surface area (Å²) in [5.41, 5.74) is 2.00. The van der Waals surface area contributed by atoms with Crippen molar-refractivity contribution in [3.8, 4) is 0 Å². The molecule has 0 N–H and O–H groups in total.